The highest BCUT2D eigenvalue weighted by Crippen LogP contribution is 2.30. The lowest BCUT2D eigenvalue weighted by Gasteiger charge is -2.25. The highest BCUT2D eigenvalue weighted by Gasteiger charge is 2.27. The van der Waals surface area contributed by atoms with Crippen LogP contribution >= 0.6 is 47.0 Å². The second kappa shape index (κ2) is 27.4. The van der Waals surface area contributed by atoms with Crippen molar-refractivity contribution in [3.63, 3.8) is 0 Å². The Morgan fingerprint density at radius 1 is 0.746 bits per heavy atom. The van der Waals surface area contributed by atoms with E-state index in [1.54, 1.807) is 89.8 Å². The highest BCUT2D eigenvalue weighted by molar-refractivity contribution is 7.80. The van der Waals surface area contributed by atoms with Gasteiger partial charge < -0.3 is 44.6 Å². The lowest BCUT2D eigenvalue weighted by atomic mass is 9.93. The first-order valence-electron chi connectivity index (χ1n) is 20.5. The third-order valence-corrected chi connectivity index (χ3v) is 10.1. The molecule has 5 rings (SSSR count). The van der Waals surface area contributed by atoms with E-state index in [1.807, 2.05) is 58.8 Å². The number of urea groups is 3. The minimum Gasteiger partial charge on any atom is -0.497 e. The molecule has 20 heteroatoms. The summed E-state index contributed by atoms with van der Waals surface area (Å²) in [7, 11) is 13.4. The van der Waals surface area contributed by atoms with Crippen LogP contribution in [0.1, 0.15) is 49.4 Å². The topological polar surface area (TPSA) is 174 Å². The van der Waals surface area contributed by atoms with E-state index >= 15 is 0 Å². The van der Waals surface area contributed by atoms with E-state index < -0.39 is 11.9 Å². The zero-order valence-electron chi connectivity index (χ0n) is 40.0. The summed E-state index contributed by atoms with van der Waals surface area (Å²) in [5.41, 5.74) is 3.49. The molecule has 1 heterocycles. The molecule has 0 aliphatic carbocycles. The van der Waals surface area contributed by atoms with Gasteiger partial charge in [0.2, 0.25) is 0 Å². The zero-order chi connectivity index (χ0) is 50.6. The summed E-state index contributed by atoms with van der Waals surface area (Å²) in [5, 5.41) is 16.3. The lowest BCUT2D eigenvalue weighted by Crippen LogP contribution is -2.43. The summed E-state index contributed by atoms with van der Waals surface area (Å²) in [6.07, 6.45) is 0. The van der Waals surface area contributed by atoms with Crippen LogP contribution in [0.25, 0.3) is 0 Å². The number of benzene rings is 4. The number of anilines is 4. The smallest absolute Gasteiger partial charge is 0.331 e. The maximum absolute atomic E-state index is 12.8. The number of nitrogens with zero attached hydrogens (tertiary/aromatic N) is 5. The van der Waals surface area contributed by atoms with Gasteiger partial charge in [-0.1, -0.05) is 72.9 Å². The molecule has 0 saturated carbocycles. The summed E-state index contributed by atoms with van der Waals surface area (Å²) in [6.45, 7) is 10.5. The number of halogens is 3. The molecule has 0 radical (unpaired) electrons. The van der Waals surface area contributed by atoms with Crippen molar-refractivity contribution in [2.75, 3.05) is 83.9 Å². The van der Waals surface area contributed by atoms with E-state index in [0.29, 0.717) is 50.9 Å². The van der Waals surface area contributed by atoms with Crippen LogP contribution in [0, 0.1) is 6.92 Å². The molecule has 0 atom stereocenters. The number of methoxy groups -OCH3 is 1. The molecular weight excluding hydrogens is 941 g/mol. The normalized spacial score (nSPS) is 10.1. The van der Waals surface area contributed by atoms with Crippen LogP contribution in [0.2, 0.25) is 15.1 Å². The Hall–Kier alpha value is -6.27. The van der Waals surface area contributed by atoms with Crippen molar-refractivity contribution in [3.05, 3.63) is 123 Å². The van der Waals surface area contributed by atoms with Gasteiger partial charge in [-0.05, 0) is 104 Å². The van der Waals surface area contributed by atoms with Crippen LogP contribution < -0.4 is 35.6 Å². The van der Waals surface area contributed by atoms with Crippen LogP contribution in [0.3, 0.4) is 0 Å². The molecule has 4 N–H and O–H groups in total. The molecule has 1 aromatic heterocycles. The molecule has 362 valence electrons. The summed E-state index contributed by atoms with van der Waals surface area (Å²) in [5.74, 6) is 1.92. The fourth-order valence-electron chi connectivity index (χ4n) is 4.91. The zero-order valence-corrected chi connectivity index (χ0v) is 43.1. The second-order valence-electron chi connectivity index (χ2n) is 15.8. The third-order valence-electron chi connectivity index (χ3n) is 8.56. The summed E-state index contributed by atoms with van der Waals surface area (Å²) in [4.78, 5) is 53.3. The molecule has 0 aliphatic heterocycles. The third kappa shape index (κ3) is 19.2. The average molecular weight is 1000 g/mol. The van der Waals surface area contributed by atoms with Gasteiger partial charge in [-0.25, -0.2) is 19.3 Å². The van der Waals surface area contributed by atoms with Gasteiger partial charge in [0.25, 0.3) is 5.91 Å². The number of carbonyl (C=O) groups excluding carboxylic acids is 4. The van der Waals surface area contributed by atoms with Gasteiger partial charge in [-0.2, -0.15) is 0 Å². The fourth-order valence-corrected chi connectivity index (χ4v) is 5.56. The van der Waals surface area contributed by atoms with Crippen molar-refractivity contribution in [3.8, 4) is 11.5 Å². The first-order valence-corrected chi connectivity index (χ1v) is 22.0. The Morgan fingerprint density at radius 3 is 1.88 bits per heavy atom. The molecular formula is C47H60Cl3N9O7S. The van der Waals surface area contributed by atoms with E-state index in [-0.39, 0.29) is 22.5 Å². The van der Waals surface area contributed by atoms with Crippen LogP contribution in [-0.2, 0) is 5.41 Å². The highest BCUT2D eigenvalue weighted by atomic mass is 35.5. The monoisotopic (exact) mass is 999 g/mol. The first kappa shape index (κ1) is 56.9. The average Bonchev–Trinajstić information content (AvgIpc) is 3.76. The molecule has 0 spiro atoms. The molecule has 0 unspecified atom stereocenters. The van der Waals surface area contributed by atoms with Crippen molar-refractivity contribution < 1.29 is 33.2 Å². The fraction of sp³-hybridized carbons (Fsp3) is 0.319. The summed E-state index contributed by atoms with van der Waals surface area (Å²) >= 11 is 23.0. The Bertz CT molecular complexity index is 2430. The molecule has 16 nitrogen and oxygen atoms in total. The van der Waals surface area contributed by atoms with Gasteiger partial charge in [0, 0.05) is 77.8 Å². The number of imide groups is 1. The number of nitrogens with one attached hydrogen (secondary N) is 4. The van der Waals surface area contributed by atoms with Crippen molar-refractivity contribution in [1.82, 2.24) is 25.2 Å². The number of rotatable bonds is 8. The van der Waals surface area contributed by atoms with Crippen LogP contribution in [-0.4, -0.2) is 112 Å². The van der Waals surface area contributed by atoms with E-state index in [9.17, 15) is 19.2 Å². The minimum absolute atomic E-state index is 0.102. The number of hydrogen-bond donors (Lipinski definition) is 4. The van der Waals surface area contributed by atoms with E-state index in [2.05, 4.69) is 45.5 Å². The first-order chi connectivity index (χ1) is 31.4. The molecule has 4 aromatic carbocycles. The number of carbonyl (C=O) groups is 4. The van der Waals surface area contributed by atoms with Crippen LogP contribution in [0.5, 0.6) is 11.5 Å². The Labute approximate surface area is 413 Å². The van der Waals surface area contributed by atoms with Gasteiger partial charge in [0.15, 0.2) is 10.9 Å². The molecule has 0 bridgehead atoms. The SMILES string of the molecule is CCOc1ccc(NC(=O)N(C)C)cc1Cl.CNC(=O)Nc1cc(C(C)(C)C)on1.COc1ccc(C(=O)N(C(=O)N(C)C)c2ccc(Cl)c(Cl)c2)cc1.Cc1cccc(NC(=S)N(C)C)c1. The predicted octanol–water partition coefficient (Wildman–Crippen LogP) is 11.1. The van der Waals surface area contributed by atoms with Crippen LogP contribution in [0.15, 0.2) is 95.5 Å². The Balaban J connectivity index is 0.000000317. The number of thiocarbonyl (C=S) groups is 1. The van der Waals surface area contributed by atoms with Gasteiger partial charge in [-0.3, -0.25) is 10.1 Å². The maximum Gasteiger partial charge on any atom is 0.331 e. The predicted molar refractivity (Wildman–Crippen MR) is 275 cm³/mol. The molecule has 0 aliphatic rings. The second-order valence-corrected chi connectivity index (χ2v) is 17.4. The number of aromatic nitrogens is 1. The quantitative estimate of drug-likeness (QED) is 0.109. The van der Waals surface area contributed by atoms with E-state index in [1.165, 1.54) is 34.6 Å². The number of aryl methyl sites for hydroxylation is 1. The van der Waals surface area contributed by atoms with Crippen molar-refractivity contribution in [1.29, 1.82) is 0 Å². The summed E-state index contributed by atoms with van der Waals surface area (Å²) < 4.78 is 15.4. The Kier molecular flexibility index (Phi) is 23.2. The van der Waals surface area contributed by atoms with Crippen molar-refractivity contribution in [2.24, 2.45) is 0 Å². The number of ether oxygens (including phenoxy) is 2. The molecule has 67 heavy (non-hydrogen) atoms. The van der Waals surface area contributed by atoms with E-state index in [0.717, 1.165) is 21.5 Å². The summed E-state index contributed by atoms with van der Waals surface area (Å²) in [6, 6.07) is 25.1. The largest absolute Gasteiger partial charge is 0.497 e. The number of amides is 7. The van der Waals surface area contributed by atoms with Crippen molar-refractivity contribution >= 4 is 99.0 Å². The number of hydrogen-bond acceptors (Lipinski definition) is 9. The van der Waals surface area contributed by atoms with Crippen LogP contribution in [0.4, 0.5) is 37.3 Å². The molecule has 0 saturated heterocycles. The maximum atomic E-state index is 12.8. The minimum atomic E-state index is -0.491. The standard InChI is InChI=1S/C17H16Cl2N2O3.C11H15ClN2O2.C10H14N2S.C9H15N3O2/c1-20(2)17(23)21(12-6-9-14(18)15(19)10-12)16(22)11-4-7-13(24-3)8-5-11;1-4-16-10-6-5-8(7-9(10)12)13-11(15)14(2)3;1-8-5-4-6-9(7-8)11-10(13)12(2)3;1-9(2,3)6-5-7(12-14-6)11-8(13)10-4/h4-10H,1-3H3;5-7H,4H2,1-3H3,(H,13,15);4-7H,1-3H3,(H,11,13);5H,1-4H3,(H2,10,11,12,13). The van der Waals surface area contributed by atoms with Gasteiger partial charge >= 0.3 is 18.1 Å². The Morgan fingerprint density at radius 2 is 1.39 bits per heavy atom. The van der Waals surface area contributed by atoms with Gasteiger partial charge in [0.1, 0.15) is 17.3 Å². The van der Waals surface area contributed by atoms with Crippen molar-refractivity contribution in [2.45, 2.75) is 40.0 Å². The molecule has 7 amide bonds. The van der Waals surface area contributed by atoms with Gasteiger partial charge in [-0.15, -0.1) is 0 Å². The van der Waals surface area contributed by atoms with Gasteiger partial charge in [0.05, 0.1) is 34.5 Å². The van der Waals surface area contributed by atoms with E-state index in [4.69, 9.17) is 61.0 Å². The molecule has 0 fully saturated rings. The lowest BCUT2D eigenvalue weighted by molar-refractivity contribution is 0.0988. The molecule has 5 aromatic rings.